The van der Waals surface area contributed by atoms with Crippen molar-refractivity contribution in [1.29, 1.82) is 0 Å². The molecular formula is C14H20ClN7O. The van der Waals surface area contributed by atoms with Gasteiger partial charge in [0.25, 0.3) is 0 Å². The second kappa shape index (κ2) is 6.66. The Balaban J connectivity index is 1.61. The van der Waals surface area contributed by atoms with Crippen LogP contribution in [-0.2, 0) is 17.9 Å². The normalized spacial score (nSPS) is 17.6. The minimum Gasteiger partial charge on any atom is -0.354 e. The van der Waals surface area contributed by atoms with E-state index in [1.54, 1.807) is 4.68 Å². The molecule has 1 atom stereocenters. The number of halogens is 1. The number of fused-ring (bicyclic) bond motifs is 1. The van der Waals surface area contributed by atoms with E-state index in [4.69, 9.17) is 11.6 Å². The third kappa shape index (κ3) is 3.21. The van der Waals surface area contributed by atoms with Crippen molar-refractivity contribution in [3.8, 4) is 0 Å². The van der Waals surface area contributed by atoms with Crippen LogP contribution in [0.15, 0.2) is 0 Å². The van der Waals surface area contributed by atoms with E-state index in [2.05, 4.69) is 25.9 Å². The molecule has 0 bridgehead atoms. The molecule has 0 saturated heterocycles. The summed E-state index contributed by atoms with van der Waals surface area (Å²) in [5.74, 6) is 0.348. The van der Waals surface area contributed by atoms with Crippen LogP contribution in [-0.4, -0.2) is 42.4 Å². The van der Waals surface area contributed by atoms with Gasteiger partial charge >= 0.3 is 0 Å². The maximum Gasteiger partial charge on any atom is 0.230 e. The first-order chi connectivity index (χ1) is 11.1. The van der Waals surface area contributed by atoms with Crippen molar-refractivity contribution in [3.63, 3.8) is 0 Å². The summed E-state index contributed by atoms with van der Waals surface area (Å²) in [6.45, 7) is 5.65. The van der Waals surface area contributed by atoms with E-state index >= 15 is 0 Å². The molecule has 1 N–H and O–H groups in total. The minimum absolute atomic E-state index is 0.0319. The van der Waals surface area contributed by atoms with Gasteiger partial charge in [-0.25, -0.2) is 4.68 Å². The molecule has 0 saturated carbocycles. The van der Waals surface area contributed by atoms with E-state index in [-0.39, 0.29) is 11.8 Å². The summed E-state index contributed by atoms with van der Waals surface area (Å²) in [4.78, 5) is 12.5. The lowest BCUT2D eigenvalue weighted by Crippen LogP contribution is -2.33. The number of amides is 1. The zero-order valence-corrected chi connectivity index (χ0v) is 14.0. The number of hydrogen-bond acceptors (Lipinski definition) is 5. The van der Waals surface area contributed by atoms with Crippen LogP contribution in [0.1, 0.15) is 42.4 Å². The van der Waals surface area contributed by atoms with Crippen molar-refractivity contribution in [2.24, 2.45) is 0 Å². The Hall–Kier alpha value is -1.96. The van der Waals surface area contributed by atoms with E-state index in [1.807, 2.05) is 18.5 Å². The molecule has 124 valence electrons. The Morgan fingerprint density at radius 2 is 2.22 bits per heavy atom. The molecule has 0 aromatic carbocycles. The number of hydrogen-bond donors (Lipinski definition) is 1. The van der Waals surface area contributed by atoms with Crippen LogP contribution < -0.4 is 5.32 Å². The molecule has 0 fully saturated rings. The number of carbonyl (C=O) groups is 1. The van der Waals surface area contributed by atoms with Gasteiger partial charge in [0.1, 0.15) is 0 Å². The zero-order chi connectivity index (χ0) is 16.4. The van der Waals surface area contributed by atoms with Gasteiger partial charge in [-0.05, 0) is 37.1 Å². The Bertz CT molecular complexity index is 708. The Labute approximate surface area is 139 Å². The summed E-state index contributed by atoms with van der Waals surface area (Å²) in [7, 11) is 0. The molecule has 9 heteroatoms. The molecule has 1 amide bonds. The van der Waals surface area contributed by atoms with Crippen molar-refractivity contribution in [2.75, 3.05) is 6.54 Å². The number of tetrazole rings is 1. The van der Waals surface area contributed by atoms with Gasteiger partial charge in [-0.15, -0.1) is 5.10 Å². The summed E-state index contributed by atoms with van der Waals surface area (Å²) in [6, 6.07) is 0. The van der Waals surface area contributed by atoms with Crippen LogP contribution in [0.25, 0.3) is 0 Å². The molecule has 2 aromatic rings. The van der Waals surface area contributed by atoms with Crippen LogP contribution in [0.2, 0.25) is 5.02 Å². The molecule has 8 nitrogen and oxygen atoms in total. The number of aryl methyl sites for hydroxylation is 2. The molecule has 0 unspecified atom stereocenters. The number of carbonyl (C=O) groups excluding carboxylic acids is 1. The Morgan fingerprint density at radius 1 is 1.39 bits per heavy atom. The summed E-state index contributed by atoms with van der Waals surface area (Å²) in [6.07, 6.45) is 2.75. The quantitative estimate of drug-likeness (QED) is 0.906. The van der Waals surface area contributed by atoms with Crippen molar-refractivity contribution in [2.45, 2.75) is 52.1 Å². The first-order valence-electron chi connectivity index (χ1n) is 7.81. The first kappa shape index (κ1) is 15.9. The summed E-state index contributed by atoms with van der Waals surface area (Å²) >= 11 is 6.13. The van der Waals surface area contributed by atoms with Crippen LogP contribution in [0.5, 0.6) is 0 Å². The highest BCUT2D eigenvalue weighted by atomic mass is 35.5. The fourth-order valence-electron chi connectivity index (χ4n) is 2.91. The standard InChI is InChI=1S/C14H20ClN7O/c1-9-12(15)10(2)21(18-9)8-6-16-14(23)11-5-3-4-7-22-13(11)17-19-20-22/h11H,3-8H2,1-2H3,(H,16,23)/t11-/m1/s1. The molecule has 2 aromatic heterocycles. The molecular weight excluding hydrogens is 318 g/mol. The van der Waals surface area contributed by atoms with E-state index in [1.165, 1.54) is 0 Å². The van der Waals surface area contributed by atoms with Gasteiger partial charge in [0.15, 0.2) is 5.82 Å². The van der Waals surface area contributed by atoms with Crippen LogP contribution in [0.3, 0.4) is 0 Å². The largest absolute Gasteiger partial charge is 0.354 e. The smallest absolute Gasteiger partial charge is 0.230 e. The zero-order valence-electron chi connectivity index (χ0n) is 13.3. The fourth-order valence-corrected chi connectivity index (χ4v) is 3.04. The fraction of sp³-hybridized carbons (Fsp3) is 0.643. The lowest BCUT2D eigenvalue weighted by atomic mass is 10.0. The van der Waals surface area contributed by atoms with Gasteiger partial charge in [-0.1, -0.05) is 18.0 Å². The van der Waals surface area contributed by atoms with Gasteiger partial charge in [-0.3, -0.25) is 9.48 Å². The predicted molar refractivity (Wildman–Crippen MR) is 84.1 cm³/mol. The van der Waals surface area contributed by atoms with Crippen molar-refractivity contribution >= 4 is 17.5 Å². The van der Waals surface area contributed by atoms with Crippen molar-refractivity contribution in [3.05, 3.63) is 22.2 Å². The summed E-state index contributed by atoms with van der Waals surface area (Å²) in [5.41, 5.74) is 1.72. The van der Waals surface area contributed by atoms with Gasteiger partial charge in [0.05, 0.1) is 28.9 Å². The topological polar surface area (TPSA) is 90.5 Å². The number of nitrogens with zero attached hydrogens (tertiary/aromatic N) is 6. The van der Waals surface area contributed by atoms with Crippen molar-refractivity contribution in [1.82, 2.24) is 35.3 Å². The minimum atomic E-state index is -0.281. The third-order valence-electron chi connectivity index (χ3n) is 4.22. The van der Waals surface area contributed by atoms with Crippen molar-refractivity contribution < 1.29 is 4.79 Å². The average Bonchev–Trinajstić information content (AvgIpc) is 3.01. The van der Waals surface area contributed by atoms with Gasteiger partial charge in [-0.2, -0.15) is 5.10 Å². The van der Waals surface area contributed by atoms with Gasteiger partial charge in [0, 0.05) is 13.1 Å². The molecule has 1 aliphatic heterocycles. The van der Waals surface area contributed by atoms with Crippen LogP contribution >= 0.6 is 11.6 Å². The third-order valence-corrected chi connectivity index (χ3v) is 4.76. The summed E-state index contributed by atoms with van der Waals surface area (Å²) < 4.78 is 3.55. The second-order valence-corrected chi connectivity index (χ2v) is 6.19. The number of aromatic nitrogens is 6. The van der Waals surface area contributed by atoms with E-state index in [9.17, 15) is 4.79 Å². The van der Waals surface area contributed by atoms with Gasteiger partial charge in [0.2, 0.25) is 5.91 Å². The average molecular weight is 338 g/mol. The number of nitrogens with one attached hydrogen (secondary N) is 1. The maximum absolute atomic E-state index is 12.5. The molecule has 0 radical (unpaired) electrons. The number of rotatable bonds is 4. The van der Waals surface area contributed by atoms with E-state index < -0.39 is 0 Å². The predicted octanol–water partition coefficient (Wildman–Crippen LogP) is 1.22. The highest BCUT2D eigenvalue weighted by molar-refractivity contribution is 6.31. The van der Waals surface area contributed by atoms with Crippen LogP contribution in [0.4, 0.5) is 0 Å². The molecule has 3 heterocycles. The summed E-state index contributed by atoms with van der Waals surface area (Å²) in [5, 5.41) is 19.7. The van der Waals surface area contributed by atoms with Gasteiger partial charge < -0.3 is 5.32 Å². The Kier molecular flexibility index (Phi) is 4.61. The molecule has 3 rings (SSSR count). The first-order valence-corrected chi connectivity index (χ1v) is 8.19. The molecule has 0 spiro atoms. The monoisotopic (exact) mass is 337 g/mol. The highest BCUT2D eigenvalue weighted by Gasteiger charge is 2.28. The highest BCUT2D eigenvalue weighted by Crippen LogP contribution is 2.24. The SMILES string of the molecule is Cc1nn(CCNC(=O)[C@@H]2CCCCn3nnnc32)c(C)c1Cl. The van der Waals surface area contributed by atoms with E-state index in [0.29, 0.717) is 23.9 Å². The Morgan fingerprint density at radius 3 is 2.96 bits per heavy atom. The van der Waals surface area contributed by atoms with E-state index in [0.717, 1.165) is 37.2 Å². The molecule has 1 aliphatic rings. The lowest BCUT2D eigenvalue weighted by molar-refractivity contribution is -0.122. The second-order valence-electron chi connectivity index (χ2n) is 5.81. The maximum atomic E-state index is 12.5. The molecule has 0 aliphatic carbocycles. The van der Waals surface area contributed by atoms with Crippen LogP contribution in [0, 0.1) is 13.8 Å². The lowest BCUT2D eigenvalue weighted by Gasteiger charge is -2.13. The molecule has 23 heavy (non-hydrogen) atoms.